The summed E-state index contributed by atoms with van der Waals surface area (Å²) in [6.45, 7) is 0. The molecule has 3 nitrogen and oxygen atoms in total. The standard InChI is InChI=1S/C14H9IN2O/c15-13-4-2-1-3-12(13)14(18)17-11-7-5-10(9-16)6-8-11/h1-8H,(H,17,18). The van der Waals surface area contributed by atoms with Gasteiger partial charge in [0.25, 0.3) is 5.91 Å². The minimum absolute atomic E-state index is 0.148. The Morgan fingerprint density at radius 3 is 2.39 bits per heavy atom. The lowest BCUT2D eigenvalue weighted by Crippen LogP contribution is -2.13. The molecule has 0 atom stereocenters. The molecule has 0 aromatic heterocycles. The van der Waals surface area contributed by atoms with Crippen molar-refractivity contribution in [2.24, 2.45) is 0 Å². The third-order valence-electron chi connectivity index (χ3n) is 2.39. The normalized spacial score (nSPS) is 9.56. The zero-order valence-corrected chi connectivity index (χ0v) is 11.5. The number of benzene rings is 2. The second-order valence-corrected chi connectivity index (χ2v) is 4.79. The van der Waals surface area contributed by atoms with Crippen LogP contribution in [0.15, 0.2) is 48.5 Å². The number of anilines is 1. The lowest BCUT2D eigenvalue weighted by molar-refractivity contribution is 0.102. The Kier molecular flexibility index (Phi) is 3.95. The summed E-state index contributed by atoms with van der Waals surface area (Å²) < 4.78 is 0.904. The molecule has 0 saturated carbocycles. The maximum Gasteiger partial charge on any atom is 0.256 e. The minimum Gasteiger partial charge on any atom is -0.322 e. The van der Waals surface area contributed by atoms with E-state index in [1.165, 1.54) is 0 Å². The number of carbonyl (C=O) groups excluding carboxylic acids is 1. The van der Waals surface area contributed by atoms with E-state index in [9.17, 15) is 4.79 Å². The molecular weight excluding hydrogens is 339 g/mol. The van der Waals surface area contributed by atoms with Crippen molar-refractivity contribution in [2.45, 2.75) is 0 Å². The van der Waals surface area contributed by atoms with Gasteiger partial charge in [0.1, 0.15) is 0 Å². The number of nitrogens with one attached hydrogen (secondary N) is 1. The van der Waals surface area contributed by atoms with Crippen LogP contribution in [0.5, 0.6) is 0 Å². The van der Waals surface area contributed by atoms with Gasteiger partial charge >= 0.3 is 0 Å². The van der Waals surface area contributed by atoms with E-state index in [4.69, 9.17) is 5.26 Å². The highest BCUT2D eigenvalue weighted by molar-refractivity contribution is 14.1. The molecule has 0 spiro atoms. The molecule has 88 valence electrons. The highest BCUT2D eigenvalue weighted by Gasteiger charge is 2.08. The van der Waals surface area contributed by atoms with Crippen LogP contribution in [0.2, 0.25) is 0 Å². The Bertz CT molecular complexity index is 614. The second-order valence-electron chi connectivity index (χ2n) is 3.62. The summed E-state index contributed by atoms with van der Waals surface area (Å²) >= 11 is 2.13. The van der Waals surface area contributed by atoms with Crippen molar-refractivity contribution in [3.05, 3.63) is 63.2 Å². The summed E-state index contributed by atoms with van der Waals surface area (Å²) in [5, 5.41) is 11.5. The van der Waals surface area contributed by atoms with Crippen molar-refractivity contribution in [3.8, 4) is 6.07 Å². The summed E-state index contributed by atoms with van der Waals surface area (Å²) in [7, 11) is 0. The molecule has 1 amide bonds. The molecule has 0 aliphatic rings. The van der Waals surface area contributed by atoms with E-state index < -0.39 is 0 Å². The predicted octanol–water partition coefficient (Wildman–Crippen LogP) is 3.42. The first-order valence-corrected chi connectivity index (χ1v) is 6.34. The average molecular weight is 348 g/mol. The van der Waals surface area contributed by atoms with E-state index >= 15 is 0 Å². The molecule has 0 aliphatic carbocycles. The molecule has 0 aliphatic heterocycles. The molecule has 0 unspecified atom stereocenters. The number of hydrogen-bond donors (Lipinski definition) is 1. The number of rotatable bonds is 2. The molecule has 0 heterocycles. The van der Waals surface area contributed by atoms with Gasteiger partial charge in [0.15, 0.2) is 0 Å². The lowest BCUT2D eigenvalue weighted by Gasteiger charge is -2.06. The Labute approximate surface area is 119 Å². The fourth-order valence-corrected chi connectivity index (χ4v) is 2.10. The smallest absolute Gasteiger partial charge is 0.256 e. The largest absolute Gasteiger partial charge is 0.322 e. The first kappa shape index (κ1) is 12.6. The van der Waals surface area contributed by atoms with Gasteiger partial charge in [0, 0.05) is 9.26 Å². The Balaban J connectivity index is 2.17. The molecule has 18 heavy (non-hydrogen) atoms. The van der Waals surface area contributed by atoms with Crippen molar-refractivity contribution in [3.63, 3.8) is 0 Å². The summed E-state index contributed by atoms with van der Waals surface area (Å²) in [6.07, 6.45) is 0. The van der Waals surface area contributed by atoms with Crippen LogP contribution in [0.25, 0.3) is 0 Å². The molecule has 4 heteroatoms. The molecule has 0 saturated heterocycles. The maximum absolute atomic E-state index is 12.0. The van der Waals surface area contributed by atoms with Crippen molar-refractivity contribution >= 4 is 34.2 Å². The van der Waals surface area contributed by atoms with Gasteiger partial charge in [-0.3, -0.25) is 4.79 Å². The van der Waals surface area contributed by atoms with Crippen molar-refractivity contribution in [2.75, 3.05) is 5.32 Å². The SMILES string of the molecule is N#Cc1ccc(NC(=O)c2ccccc2I)cc1. The second kappa shape index (κ2) is 5.65. The highest BCUT2D eigenvalue weighted by Crippen LogP contribution is 2.15. The molecule has 0 fully saturated rings. The summed E-state index contributed by atoms with van der Waals surface area (Å²) in [6, 6.07) is 16.2. The molecule has 0 bridgehead atoms. The van der Waals surface area contributed by atoms with E-state index in [2.05, 4.69) is 27.9 Å². The Morgan fingerprint density at radius 2 is 1.78 bits per heavy atom. The first-order chi connectivity index (χ1) is 8.70. The van der Waals surface area contributed by atoms with Crippen molar-refractivity contribution in [1.82, 2.24) is 0 Å². The van der Waals surface area contributed by atoms with Crippen LogP contribution < -0.4 is 5.32 Å². The fraction of sp³-hybridized carbons (Fsp3) is 0. The van der Waals surface area contributed by atoms with E-state index in [1.54, 1.807) is 30.3 Å². The van der Waals surface area contributed by atoms with Crippen LogP contribution in [0, 0.1) is 14.9 Å². The number of nitriles is 1. The molecule has 0 radical (unpaired) electrons. The van der Waals surface area contributed by atoms with Gasteiger partial charge in [-0.1, -0.05) is 12.1 Å². The average Bonchev–Trinajstić information content (AvgIpc) is 2.40. The maximum atomic E-state index is 12.0. The first-order valence-electron chi connectivity index (χ1n) is 5.27. The zero-order valence-electron chi connectivity index (χ0n) is 9.35. The van der Waals surface area contributed by atoms with Crippen LogP contribution in [-0.4, -0.2) is 5.91 Å². The van der Waals surface area contributed by atoms with Crippen LogP contribution in [0.1, 0.15) is 15.9 Å². The number of nitrogens with zero attached hydrogens (tertiary/aromatic N) is 1. The summed E-state index contributed by atoms with van der Waals surface area (Å²) in [4.78, 5) is 12.0. The number of hydrogen-bond acceptors (Lipinski definition) is 2. The van der Waals surface area contributed by atoms with Gasteiger partial charge in [-0.25, -0.2) is 0 Å². The van der Waals surface area contributed by atoms with Crippen LogP contribution in [0.4, 0.5) is 5.69 Å². The Morgan fingerprint density at radius 1 is 1.11 bits per heavy atom. The Hall–Kier alpha value is -1.87. The molecular formula is C14H9IN2O. The number of amides is 1. The molecule has 1 N–H and O–H groups in total. The van der Waals surface area contributed by atoms with Crippen LogP contribution >= 0.6 is 22.6 Å². The molecule has 2 rings (SSSR count). The van der Waals surface area contributed by atoms with E-state index in [1.807, 2.05) is 24.3 Å². The lowest BCUT2D eigenvalue weighted by atomic mass is 10.2. The third kappa shape index (κ3) is 2.87. The molecule has 2 aromatic rings. The summed E-state index contributed by atoms with van der Waals surface area (Å²) in [5.41, 5.74) is 1.89. The highest BCUT2D eigenvalue weighted by atomic mass is 127. The van der Waals surface area contributed by atoms with E-state index in [-0.39, 0.29) is 5.91 Å². The number of halogens is 1. The van der Waals surface area contributed by atoms with Gasteiger partial charge in [-0.05, 0) is 59.0 Å². The molecule has 2 aromatic carbocycles. The fourth-order valence-electron chi connectivity index (χ4n) is 1.47. The minimum atomic E-state index is -0.148. The zero-order chi connectivity index (χ0) is 13.0. The van der Waals surface area contributed by atoms with Crippen LogP contribution in [-0.2, 0) is 0 Å². The van der Waals surface area contributed by atoms with Gasteiger partial charge in [0.2, 0.25) is 0 Å². The van der Waals surface area contributed by atoms with Gasteiger partial charge in [-0.2, -0.15) is 5.26 Å². The monoisotopic (exact) mass is 348 g/mol. The van der Waals surface area contributed by atoms with E-state index in [0.717, 1.165) is 3.57 Å². The topological polar surface area (TPSA) is 52.9 Å². The van der Waals surface area contributed by atoms with Crippen molar-refractivity contribution < 1.29 is 4.79 Å². The van der Waals surface area contributed by atoms with Gasteiger partial charge in [0.05, 0.1) is 17.2 Å². The van der Waals surface area contributed by atoms with E-state index in [0.29, 0.717) is 16.8 Å². The van der Waals surface area contributed by atoms with Crippen LogP contribution in [0.3, 0.4) is 0 Å². The van der Waals surface area contributed by atoms with Crippen molar-refractivity contribution in [1.29, 1.82) is 5.26 Å². The quantitative estimate of drug-likeness (QED) is 0.846. The van der Waals surface area contributed by atoms with Gasteiger partial charge in [-0.15, -0.1) is 0 Å². The third-order valence-corrected chi connectivity index (χ3v) is 3.33. The summed E-state index contributed by atoms with van der Waals surface area (Å²) in [5.74, 6) is -0.148. The van der Waals surface area contributed by atoms with Gasteiger partial charge < -0.3 is 5.32 Å². The predicted molar refractivity (Wildman–Crippen MR) is 78.3 cm³/mol. The number of carbonyl (C=O) groups is 1.